The van der Waals surface area contributed by atoms with Crippen LogP contribution in [0.3, 0.4) is 0 Å². The van der Waals surface area contributed by atoms with E-state index < -0.39 is 0 Å². The van der Waals surface area contributed by atoms with Crippen molar-refractivity contribution in [2.75, 3.05) is 19.0 Å². The highest BCUT2D eigenvalue weighted by molar-refractivity contribution is 6.16. The molecule has 0 unspecified atom stereocenters. The van der Waals surface area contributed by atoms with E-state index in [4.69, 9.17) is 11.6 Å². The Morgan fingerprint density at radius 1 is 1.11 bits per heavy atom. The van der Waals surface area contributed by atoms with E-state index in [1.165, 1.54) is 0 Å². The Labute approximate surface area is 112 Å². The van der Waals surface area contributed by atoms with Crippen LogP contribution in [0.15, 0.2) is 24.3 Å². The summed E-state index contributed by atoms with van der Waals surface area (Å²) in [5.41, 5.74) is 2.22. The predicted octanol–water partition coefficient (Wildman–Crippen LogP) is 2.63. The minimum atomic E-state index is 0.364. The van der Waals surface area contributed by atoms with Crippen LogP contribution in [0.4, 0.5) is 5.69 Å². The number of rotatable bonds is 4. The zero-order valence-electron chi connectivity index (χ0n) is 10.9. The van der Waals surface area contributed by atoms with Crippen LogP contribution in [0.1, 0.15) is 18.6 Å². The SMILES string of the molecule is CCc1nnc(CCl)n1-c1ccc(N(C)C)cc1. The van der Waals surface area contributed by atoms with Gasteiger partial charge in [-0.3, -0.25) is 4.57 Å². The van der Waals surface area contributed by atoms with Crippen molar-refractivity contribution in [3.05, 3.63) is 35.9 Å². The molecule has 0 spiro atoms. The number of nitrogens with zero attached hydrogens (tertiary/aromatic N) is 4. The van der Waals surface area contributed by atoms with Crippen molar-refractivity contribution in [3.8, 4) is 5.69 Å². The average molecular weight is 265 g/mol. The minimum absolute atomic E-state index is 0.364. The smallest absolute Gasteiger partial charge is 0.152 e. The number of anilines is 1. The Kier molecular flexibility index (Phi) is 3.87. The summed E-state index contributed by atoms with van der Waals surface area (Å²) < 4.78 is 2.02. The number of hydrogen-bond acceptors (Lipinski definition) is 3. The van der Waals surface area contributed by atoms with E-state index in [1.54, 1.807) is 0 Å². The van der Waals surface area contributed by atoms with Crippen molar-refractivity contribution in [1.29, 1.82) is 0 Å². The van der Waals surface area contributed by atoms with Gasteiger partial charge in [0, 0.05) is 31.9 Å². The van der Waals surface area contributed by atoms with Crippen molar-refractivity contribution >= 4 is 17.3 Å². The van der Waals surface area contributed by atoms with Gasteiger partial charge in [-0.25, -0.2) is 0 Å². The summed E-state index contributed by atoms with van der Waals surface area (Å²) >= 11 is 5.90. The van der Waals surface area contributed by atoms with E-state index in [9.17, 15) is 0 Å². The Morgan fingerprint density at radius 3 is 2.22 bits per heavy atom. The summed E-state index contributed by atoms with van der Waals surface area (Å²) in [6, 6.07) is 8.28. The lowest BCUT2D eigenvalue weighted by Crippen LogP contribution is -2.09. The van der Waals surface area contributed by atoms with E-state index in [1.807, 2.05) is 18.7 Å². The molecule has 0 N–H and O–H groups in total. The van der Waals surface area contributed by atoms with E-state index in [-0.39, 0.29) is 0 Å². The van der Waals surface area contributed by atoms with Gasteiger partial charge in [-0.05, 0) is 24.3 Å². The molecule has 0 amide bonds. The lowest BCUT2D eigenvalue weighted by molar-refractivity contribution is 0.867. The number of halogens is 1. The topological polar surface area (TPSA) is 34.0 Å². The second kappa shape index (κ2) is 5.40. The maximum absolute atomic E-state index is 5.90. The molecule has 0 saturated carbocycles. The first-order valence-corrected chi connectivity index (χ1v) is 6.47. The molecule has 0 aliphatic rings. The average Bonchev–Trinajstić information content (AvgIpc) is 2.81. The highest BCUT2D eigenvalue weighted by Gasteiger charge is 2.11. The Bertz CT molecular complexity index is 495. The molecule has 1 heterocycles. The van der Waals surface area contributed by atoms with Gasteiger partial charge in [-0.2, -0.15) is 0 Å². The Hall–Kier alpha value is -1.55. The third-order valence-electron chi connectivity index (χ3n) is 2.86. The molecule has 0 fully saturated rings. The Balaban J connectivity index is 2.44. The van der Waals surface area contributed by atoms with Crippen LogP contribution in [-0.2, 0) is 12.3 Å². The monoisotopic (exact) mass is 264 g/mol. The molecule has 0 radical (unpaired) electrons. The molecule has 2 aromatic rings. The molecule has 0 saturated heterocycles. The molecule has 5 heteroatoms. The third-order valence-corrected chi connectivity index (χ3v) is 3.10. The van der Waals surface area contributed by atoms with Crippen LogP contribution in [0.2, 0.25) is 0 Å². The number of benzene rings is 1. The molecule has 0 aliphatic carbocycles. The maximum atomic E-state index is 5.90. The van der Waals surface area contributed by atoms with E-state index in [0.29, 0.717) is 5.88 Å². The van der Waals surface area contributed by atoms with Crippen molar-refractivity contribution in [2.24, 2.45) is 0 Å². The molecule has 2 rings (SSSR count). The quantitative estimate of drug-likeness (QED) is 0.796. The molecular formula is C13H17ClN4. The fourth-order valence-electron chi connectivity index (χ4n) is 1.87. The van der Waals surface area contributed by atoms with Crippen molar-refractivity contribution in [2.45, 2.75) is 19.2 Å². The maximum Gasteiger partial charge on any atom is 0.152 e. The molecule has 18 heavy (non-hydrogen) atoms. The summed E-state index contributed by atoms with van der Waals surface area (Å²) in [4.78, 5) is 2.07. The van der Waals surface area contributed by atoms with Crippen LogP contribution < -0.4 is 4.90 Å². The fraction of sp³-hybridized carbons (Fsp3) is 0.385. The van der Waals surface area contributed by atoms with Gasteiger partial charge in [0.05, 0.1) is 5.88 Å². The number of aromatic nitrogens is 3. The molecule has 0 bridgehead atoms. The first-order valence-electron chi connectivity index (χ1n) is 5.94. The molecule has 0 aliphatic heterocycles. The zero-order chi connectivity index (χ0) is 13.1. The zero-order valence-corrected chi connectivity index (χ0v) is 11.6. The van der Waals surface area contributed by atoms with Gasteiger partial charge in [0.2, 0.25) is 0 Å². The van der Waals surface area contributed by atoms with Crippen LogP contribution in [0, 0.1) is 0 Å². The molecule has 96 valence electrons. The number of aryl methyl sites for hydroxylation is 1. The van der Waals surface area contributed by atoms with E-state index >= 15 is 0 Å². The predicted molar refractivity (Wildman–Crippen MR) is 74.6 cm³/mol. The number of hydrogen-bond donors (Lipinski definition) is 0. The molecular weight excluding hydrogens is 248 g/mol. The highest BCUT2D eigenvalue weighted by Crippen LogP contribution is 2.19. The van der Waals surface area contributed by atoms with Crippen LogP contribution in [-0.4, -0.2) is 28.9 Å². The van der Waals surface area contributed by atoms with Gasteiger partial charge >= 0.3 is 0 Å². The first-order chi connectivity index (χ1) is 8.67. The third kappa shape index (κ3) is 2.34. The van der Waals surface area contributed by atoms with Gasteiger partial charge in [0.15, 0.2) is 5.82 Å². The van der Waals surface area contributed by atoms with Crippen molar-refractivity contribution in [3.63, 3.8) is 0 Å². The van der Waals surface area contributed by atoms with E-state index in [2.05, 4.69) is 46.3 Å². The summed E-state index contributed by atoms with van der Waals surface area (Å²) in [6.45, 7) is 2.06. The normalized spacial score (nSPS) is 10.7. The lowest BCUT2D eigenvalue weighted by atomic mass is 10.2. The first kappa shape index (κ1) is 12.9. The van der Waals surface area contributed by atoms with Crippen molar-refractivity contribution < 1.29 is 0 Å². The largest absolute Gasteiger partial charge is 0.378 e. The van der Waals surface area contributed by atoms with Gasteiger partial charge in [0.1, 0.15) is 5.82 Å². The summed E-state index contributed by atoms with van der Waals surface area (Å²) in [7, 11) is 4.05. The van der Waals surface area contributed by atoms with Crippen LogP contribution >= 0.6 is 11.6 Å². The van der Waals surface area contributed by atoms with Gasteiger partial charge < -0.3 is 4.90 Å². The second-order valence-electron chi connectivity index (χ2n) is 4.27. The molecule has 1 aromatic heterocycles. The minimum Gasteiger partial charge on any atom is -0.378 e. The fourth-order valence-corrected chi connectivity index (χ4v) is 2.04. The molecule has 1 aromatic carbocycles. The highest BCUT2D eigenvalue weighted by atomic mass is 35.5. The summed E-state index contributed by atoms with van der Waals surface area (Å²) in [5, 5.41) is 8.27. The standard InChI is InChI=1S/C13H17ClN4/c1-4-12-15-16-13(9-14)18(12)11-7-5-10(6-8-11)17(2)3/h5-8H,4,9H2,1-3H3. The summed E-state index contributed by atoms with van der Waals surface area (Å²) in [5.74, 6) is 2.08. The van der Waals surface area contributed by atoms with Gasteiger partial charge in [-0.15, -0.1) is 21.8 Å². The Morgan fingerprint density at radius 2 is 1.72 bits per heavy atom. The van der Waals surface area contributed by atoms with Crippen LogP contribution in [0.5, 0.6) is 0 Å². The van der Waals surface area contributed by atoms with Gasteiger partial charge in [0.25, 0.3) is 0 Å². The molecule has 4 nitrogen and oxygen atoms in total. The van der Waals surface area contributed by atoms with Crippen molar-refractivity contribution in [1.82, 2.24) is 14.8 Å². The van der Waals surface area contributed by atoms with Gasteiger partial charge in [-0.1, -0.05) is 6.92 Å². The van der Waals surface area contributed by atoms with E-state index in [0.717, 1.165) is 29.4 Å². The lowest BCUT2D eigenvalue weighted by Gasteiger charge is -2.14. The van der Waals surface area contributed by atoms with Crippen LogP contribution in [0.25, 0.3) is 5.69 Å². The molecule has 0 atom stereocenters. The second-order valence-corrected chi connectivity index (χ2v) is 4.53. The summed E-state index contributed by atoms with van der Waals surface area (Å²) in [6.07, 6.45) is 0.833. The number of alkyl halides is 1.